The van der Waals surface area contributed by atoms with E-state index in [9.17, 15) is 14.9 Å². The number of nitriles is 1. The lowest BCUT2D eigenvalue weighted by Gasteiger charge is -2.10. The van der Waals surface area contributed by atoms with Crippen LogP contribution in [-0.4, -0.2) is 25.6 Å². The van der Waals surface area contributed by atoms with Gasteiger partial charge < -0.3 is 14.8 Å². The molecule has 2 aromatic rings. The first-order valence-corrected chi connectivity index (χ1v) is 9.65. The van der Waals surface area contributed by atoms with Crippen molar-refractivity contribution in [3.63, 3.8) is 0 Å². The Morgan fingerprint density at radius 2 is 1.82 bits per heavy atom. The Bertz CT molecular complexity index is 914. The van der Waals surface area contributed by atoms with Crippen LogP contribution in [0.25, 0.3) is 6.08 Å². The Morgan fingerprint density at radius 3 is 2.39 bits per heavy atom. The summed E-state index contributed by atoms with van der Waals surface area (Å²) in [6, 6.07) is 14.7. The Balaban J connectivity index is 2.13. The number of nitrogens with one attached hydrogen (secondary N) is 1. The lowest BCUT2D eigenvalue weighted by Crippen LogP contribution is -2.23. The summed E-state index contributed by atoms with van der Waals surface area (Å²) in [5.74, 6) is -0.566. The highest BCUT2D eigenvalue weighted by Crippen LogP contribution is 2.35. The Hall–Kier alpha value is -2.63. The van der Waals surface area contributed by atoms with Gasteiger partial charge in [0, 0.05) is 6.54 Å². The molecule has 28 heavy (non-hydrogen) atoms. The highest BCUT2D eigenvalue weighted by Gasteiger charge is 2.13. The number of benzene rings is 2. The van der Waals surface area contributed by atoms with Crippen molar-refractivity contribution in [2.75, 3.05) is 13.7 Å². The zero-order valence-corrected chi connectivity index (χ0v) is 18.0. The first-order chi connectivity index (χ1) is 13.4. The molecule has 0 aliphatic carbocycles. The number of hydrogen-bond donors (Lipinski definition) is 1. The molecule has 0 aromatic heterocycles. The number of nitrogens with zero attached hydrogens (tertiary/aromatic N) is 1. The van der Waals surface area contributed by atoms with Crippen LogP contribution in [0.2, 0.25) is 0 Å². The zero-order chi connectivity index (χ0) is 20.5. The second-order valence-electron chi connectivity index (χ2n) is 5.52. The first kappa shape index (κ1) is 21.7. The van der Waals surface area contributed by atoms with Crippen LogP contribution in [-0.2, 0) is 20.9 Å². The average molecular weight is 508 g/mol. The van der Waals surface area contributed by atoms with Crippen molar-refractivity contribution < 1.29 is 19.1 Å². The minimum atomic E-state index is -0.510. The van der Waals surface area contributed by atoms with Gasteiger partial charge in [0.1, 0.15) is 17.4 Å². The maximum absolute atomic E-state index is 12.3. The van der Waals surface area contributed by atoms with Crippen molar-refractivity contribution >= 4 is 49.8 Å². The van der Waals surface area contributed by atoms with Crippen molar-refractivity contribution in [3.8, 4) is 11.8 Å². The van der Waals surface area contributed by atoms with Crippen LogP contribution in [0.5, 0.6) is 5.75 Å². The monoisotopic (exact) mass is 506 g/mol. The van der Waals surface area contributed by atoms with Gasteiger partial charge in [-0.2, -0.15) is 5.26 Å². The van der Waals surface area contributed by atoms with Gasteiger partial charge in [0.15, 0.2) is 6.61 Å². The van der Waals surface area contributed by atoms with Gasteiger partial charge in [-0.15, -0.1) is 0 Å². The van der Waals surface area contributed by atoms with E-state index in [2.05, 4.69) is 41.9 Å². The van der Waals surface area contributed by atoms with E-state index in [0.717, 1.165) is 5.56 Å². The van der Waals surface area contributed by atoms with Crippen LogP contribution >= 0.6 is 31.9 Å². The molecule has 0 saturated heterocycles. The smallest absolute Gasteiger partial charge is 0.343 e. The normalized spacial score (nSPS) is 10.7. The molecule has 2 rings (SSSR count). The number of carbonyl (C=O) groups is 2. The van der Waals surface area contributed by atoms with Gasteiger partial charge in [-0.25, -0.2) is 4.79 Å². The molecule has 0 fully saturated rings. The van der Waals surface area contributed by atoms with E-state index in [1.807, 2.05) is 36.4 Å². The fourth-order valence-electron chi connectivity index (χ4n) is 2.18. The number of esters is 1. The predicted octanol–water partition coefficient (Wildman–Crippen LogP) is 3.99. The third-order valence-corrected chi connectivity index (χ3v) is 4.73. The Kier molecular flexibility index (Phi) is 8.23. The number of halogens is 2. The molecule has 1 N–H and O–H groups in total. The molecule has 0 atom stereocenters. The maximum Gasteiger partial charge on any atom is 0.343 e. The van der Waals surface area contributed by atoms with Crippen LogP contribution in [0.15, 0.2) is 57.0 Å². The summed E-state index contributed by atoms with van der Waals surface area (Å²) in [4.78, 5) is 23.5. The second-order valence-corrected chi connectivity index (χ2v) is 7.23. The fraction of sp³-hybridized carbons (Fsp3) is 0.150. The van der Waals surface area contributed by atoms with Gasteiger partial charge in [-0.05, 0) is 61.2 Å². The van der Waals surface area contributed by atoms with E-state index in [0.29, 0.717) is 26.8 Å². The van der Waals surface area contributed by atoms with Gasteiger partial charge in [-0.3, -0.25) is 4.79 Å². The first-order valence-electron chi connectivity index (χ1n) is 8.07. The van der Waals surface area contributed by atoms with Gasteiger partial charge in [0.25, 0.3) is 5.91 Å². The predicted molar refractivity (Wildman–Crippen MR) is 111 cm³/mol. The SMILES string of the molecule is COC(=O)COc1c(Br)cc(/C=C(/C#N)C(=O)NCc2ccccc2)cc1Br. The van der Waals surface area contributed by atoms with Gasteiger partial charge in [0.2, 0.25) is 0 Å². The number of carbonyl (C=O) groups excluding carboxylic acids is 2. The van der Waals surface area contributed by atoms with Gasteiger partial charge >= 0.3 is 5.97 Å². The maximum atomic E-state index is 12.3. The van der Waals surface area contributed by atoms with Crippen molar-refractivity contribution in [2.45, 2.75) is 6.54 Å². The minimum Gasteiger partial charge on any atom is -0.480 e. The third kappa shape index (κ3) is 6.22. The van der Waals surface area contributed by atoms with E-state index < -0.39 is 11.9 Å². The lowest BCUT2D eigenvalue weighted by molar-refractivity contribution is -0.142. The molecule has 0 aliphatic rings. The molecule has 0 bridgehead atoms. The second kappa shape index (κ2) is 10.6. The van der Waals surface area contributed by atoms with E-state index in [-0.39, 0.29) is 12.2 Å². The van der Waals surface area contributed by atoms with Crippen LogP contribution in [0, 0.1) is 11.3 Å². The highest BCUT2D eigenvalue weighted by atomic mass is 79.9. The summed E-state index contributed by atoms with van der Waals surface area (Å²) in [6.45, 7) is 0.0839. The molecule has 8 heteroatoms. The van der Waals surface area contributed by atoms with Crippen LogP contribution in [0.1, 0.15) is 11.1 Å². The molecule has 144 valence electrons. The average Bonchev–Trinajstić information content (AvgIpc) is 2.70. The van der Waals surface area contributed by atoms with E-state index >= 15 is 0 Å². The molecular formula is C20H16Br2N2O4. The standard InChI is InChI=1S/C20H16Br2N2O4/c1-27-18(25)12-28-19-16(21)8-14(9-17(19)22)7-15(10-23)20(26)24-11-13-5-3-2-4-6-13/h2-9H,11-12H2,1H3,(H,24,26)/b15-7-. The summed E-state index contributed by atoms with van der Waals surface area (Å²) in [5.41, 5.74) is 1.51. The summed E-state index contributed by atoms with van der Waals surface area (Å²) in [6.07, 6.45) is 1.47. The van der Waals surface area contributed by atoms with Crippen molar-refractivity contribution in [3.05, 3.63) is 68.1 Å². The fourth-order valence-corrected chi connectivity index (χ4v) is 3.63. The molecule has 6 nitrogen and oxygen atoms in total. The molecule has 0 saturated carbocycles. The summed E-state index contributed by atoms with van der Waals surface area (Å²) < 4.78 is 11.1. The summed E-state index contributed by atoms with van der Waals surface area (Å²) >= 11 is 6.72. The van der Waals surface area contributed by atoms with Gasteiger partial charge in [0.05, 0.1) is 16.1 Å². The third-order valence-electron chi connectivity index (χ3n) is 3.55. The van der Waals surface area contributed by atoms with Crippen LogP contribution < -0.4 is 10.1 Å². The number of methoxy groups -OCH3 is 1. The van der Waals surface area contributed by atoms with Crippen molar-refractivity contribution in [1.82, 2.24) is 5.32 Å². The topological polar surface area (TPSA) is 88.4 Å². The zero-order valence-electron chi connectivity index (χ0n) is 14.9. The van der Waals surface area contributed by atoms with Crippen LogP contribution in [0.3, 0.4) is 0 Å². The van der Waals surface area contributed by atoms with E-state index in [1.165, 1.54) is 13.2 Å². The van der Waals surface area contributed by atoms with Gasteiger partial charge in [-0.1, -0.05) is 30.3 Å². The van der Waals surface area contributed by atoms with Crippen molar-refractivity contribution in [1.29, 1.82) is 5.26 Å². The molecule has 0 spiro atoms. The van der Waals surface area contributed by atoms with E-state index in [4.69, 9.17) is 4.74 Å². The number of rotatable bonds is 7. The highest BCUT2D eigenvalue weighted by molar-refractivity contribution is 9.11. The molecule has 0 aliphatic heterocycles. The number of amides is 1. The summed E-state index contributed by atoms with van der Waals surface area (Å²) in [7, 11) is 1.27. The van der Waals surface area contributed by atoms with E-state index in [1.54, 1.807) is 12.1 Å². The minimum absolute atomic E-state index is 0.0297. The Morgan fingerprint density at radius 1 is 1.18 bits per heavy atom. The Labute approximate surface area is 179 Å². The number of hydrogen-bond acceptors (Lipinski definition) is 5. The molecular weight excluding hydrogens is 492 g/mol. The largest absolute Gasteiger partial charge is 0.480 e. The molecule has 1 amide bonds. The summed E-state index contributed by atoms with van der Waals surface area (Å²) in [5, 5.41) is 12.1. The van der Waals surface area contributed by atoms with Crippen molar-refractivity contribution in [2.24, 2.45) is 0 Å². The molecule has 0 radical (unpaired) electrons. The quantitative estimate of drug-likeness (QED) is 0.348. The molecule has 0 heterocycles. The number of ether oxygens (including phenoxy) is 2. The van der Waals surface area contributed by atoms with Crippen LogP contribution in [0.4, 0.5) is 0 Å². The lowest BCUT2D eigenvalue weighted by atomic mass is 10.1. The molecule has 0 unspecified atom stereocenters. The molecule has 2 aromatic carbocycles.